The summed E-state index contributed by atoms with van der Waals surface area (Å²) in [4.78, 5) is 27.6. The zero-order valence-corrected chi connectivity index (χ0v) is 18.7. The average Bonchev–Trinajstić information content (AvgIpc) is 3.12. The lowest BCUT2D eigenvalue weighted by Gasteiger charge is -2.32. The average molecular weight is 467 g/mol. The van der Waals surface area contributed by atoms with Crippen molar-refractivity contribution < 1.29 is 18.0 Å². The van der Waals surface area contributed by atoms with Crippen LogP contribution in [0.2, 0.25) is 5.02 Å². The number of anilines is 2. The summed E-state index contributed by atoms with van der Waals surface area (Å²) >= 11 is 6.01. The van der Waals surface area contributed by atoms with E-state index in [0.717, 1.165) is 16.0 Å². The van der Waals surface area contributed by atoms with E-state index in [1.807, 2.05) is 43.3 Å². The van der Waals surface area contributed by atoms with Gasteiger partial charge < -0.3 is 4.90 Å². The standard InChI is InChI=1S/C24H19ClN2O4S/c1-16-7-12-21-20(13-16)24(23(29)26(21)14-17-5-3-2-4-6-17)27(22(28)15-32(24,30)31)19-10-8-18(25)9-11-19/h2-13H,14-15H2,1H3/t24-/m1/s1. The molecule has 2 amide bonds. The van der Waals surface area contributed by atoms with E-state index < -0.39 is 32.3 Å². The maximum atomic E-state index is 14.0. The van der Waals surface area contributed by atoms with Gasteiger partial charge in [-0.05, 0) is 48.9 Å². The van der Waals surface area contributed by atoms with Gasteiger partial charge in [-0.25, -0.2) is 8.42 Å². The van der Waals surface area contributed by atoms with Gasteiger partial charge in [0.2, 0.25) is 5.91 Å². The molecule has 162 valence electrons. The molecule has 2 heterocycles. The second-order valence-corrected chi connectivity index (χ2v) is 10.6. The van der Waals surface area contributed by atoms with Gasteiger partial charge in [0.1, 0.15) is 5.75 Å². The van der Waals surface area contributed by atoms with E-state index in [1.54, 1.807) is 36.4 Å². The molecule has 1 atom stereocenters. The third-order valence-corrected chi connectivity index (χ3v) is 8.30. The first-order valence-electron chi connectivity index (χ1n) is 10.0. The van der Waals surface area contributed by atoms with E-state index in [1.165, 1.54) is 4.90 Å². The van der Waals surface area contributed by atoms with Gasteiger partial charge >= 0.3 is 0 Å². The number of carbonyl (C=O) groups is 2. The van der Waals surface area contributed by atoms with Crippen LogP contribution in [-0.2, 0) is 30.8 Å². The summed E-state index contributed by atoms with van der Waals surface area (Å²) in [6, 6.07) is 20.9. The van der Waals surface area contributed by atoms with Crippen LogP contribution in [0.4, 0.5) is 11.4 Å². The van der Waals surface area contributed by atoms with Crippen molar-refractivity contribution in [1.29, 1.82) is 0 Å². The second kappa shape index (κ2) is 7.18. The molecule has 0 saturated carbocycles. The maximum absolute atomic E-state index is 14.0. The Bertz CT molecular complexity index is 1360. The fraction of sp³-hybridized carbons (Fsp3) is 0.167. The third kappa shape index (κ3) is 2.81. The molecule has 0 bridgehead atoms. The molecule has 6 nitrogen and oxygen atoms in total. The highest BCUT2D eigenvalue weighted by molar-refractivity contribution is 7.94. The topological polar surface area (TPSA) is 74.8 Å². The van der Waals surface area contributed by atoms with Crippen LogP contribution in [0.15, 0.2) is 72.8 Å². The molecule has 8 heteroatoms. The van der Waals surface area contributed by atoms with Gasteiger partial charge in [0.25, 0.3) is 10.8 Å². The van der Waals surface area contributed by atoms with Crippen molar-refractivity contribution in [3.8, 4) is 0 Å². The van der Waals surface area contributed by atoms with Gasteiger partial charge in [-0.1, -0.05) is 53.6 Å². The van der Waals surface area contributed by atoms with Crippen LogP contribution in [0.25, 0.3) is 0 Å². The molecular formula is C24H19ClN2O4S. The van der Waals surface area contributed by atoms with E-state index in [-0.39, 0.29) is 6.54 Å². The Morgan fingerprint density at radius 1 is 0.969 bits per heavy atom. The number of nitrogens with zero attached hydrogens (tertiary/aromatic N) is 2. The van der Waals surface area contributed by atoms with Crippen molar-refractivity contribution in [3.05, 3.63) is 94.5 Å². The van der Waals surface area contributed by atoms with E-state index in [9.17, 15) is 18.0 Å². The number of sulfone groups is 1. The molecule has 0 radical (unpaired) electrons. The number of hydrogen-bond acceptors (Lipinski definition) is 4. The smallest absolute Gasteiger partial charge is 0.274 e. The number of aryl methyl sites for hydroxylation is 1. The lowest BCUT2D eigenvalue weighted by Crippen LogP contribution is -2.54. The van der Waals surface area contributed by atoms with Crippen LogP contribution in [0.5, 0.6) is 0 Å². The molecule has 3 aromatic rings. The lowest BCUT2D eigenvalue weighted by atomic mass is 10.0. The van der Waals surface area contributed by atoms with Crippen molar-refractivity contribution in [1.82, 2.24) is 0 Å². The Balaban J connectivity index is 1.77. The monoisotopic (exact) mass is 466 g/mol. The van der Waals surface area contributed by atoms with Gasteiger partial charge in [0, 0.05) is 16.3 Å². The summed E-state index contributed by atoms with van der Waals surface area (Å²) in [5.41, 5.74) is 2.75. The molecule has 2 aliphatic heterocycles. The Hall–Kier alpha value is -3.16. The van der Waals surface area contributed by atoms with E-state index in [4.69, 9.17) is 11.6 Å². The van der Waals surface area contributed by atoms with Crippen molar-refractivity contribution in [3.63, 3.8) is 0 Å². The zero-order chi connectivity index (χ0) is 22.7. The molecule has 1 fully saturated rings. The summed E-state index contributed by atoms with van der Waals surface area (Å²) < 4.78 is 27.2. The number of halogens is 1. The fourth-order valence-corrected chi connectivity index (χ4v) is 6.72. The second-order valence-electron chi connectivity index (χ2n) is 8.01. The summed E-state index contributed by atoms with van der Waals surface area (Å²) in [5, 5.41) is 0.442. The van der Waals surface area contributed by atoms with Gasteiger partial charge in [0.15, 0.2) is 9.84 Å². The molecule has 1 spiro atoms. The van der Waals surface area contributed by atoms with Crippen molar-refractivity contribution in [2.24, 2.45) is 0 Å². The molecule has 0 aromatic heterocycles. The molecule has 5 rings (SSSR count). The van der Waals surface area contributed by atoms with Crippen LogP contribution in [0.3, 0.4) is 0 Å². The molecule has 32 heavy (non-hydrogen) atoms. The van der Waals surface area contributed by atoms with E-state index >= 15 is 0 Å². The first-order chi connectivity index (χ1) is 15.3. The lowest BCUT2D eigenvalue weighted by molar-refractivity contribution is -0.123. The van der Waals surface area contributed by atoms with Crippen molar-refractivity contribution in [2.75, 3.05) is 15.6 Å². The Morgan fingerprint density at radius 3 is 2.34 bits per heavy atom. The van der Waals surface area contributed by atoms with E-state index in [2.05, 4.69) is 0 Å². The van der Waals surface area contributed by atoms with E-state index in [0.29, 0.717) is 22.0 Å². The minimum atomic E-state index is -4.20. The summed E-state index contributed by atoms with van der Waals surface area (Å²) in [6.07, 6.45) is 0. The highest BCUT2D eigenvalue weighted by atomic mass is 35.5. The predicted octanol–water partition coefficient (Wildman–Crippen LogP) is 3.81. The molecular weight excluding hydrogens is 448 g/mol. The van der Waals surface area contributed by atoms with Crippen LogP contribution < -0.4 is 9.80 Å². The highest BCUT2D eigenvalue weighted by Gasteiger charge is 2.69. The molecule has 0 aliphatic carbocycles. The molecule has 1 saturated heterocycles. The van der Waals surface area contributed by atoms with Crippen LogP contribution in [-0.4, -0.2) is 26.0 Å². The Labute approximate surface area is 190 Å². The molecule has 0 unspecified atom stereocenters. The third-order valence-electron chi connectivity index (χ3n) is 5.94. The number of rotatable bonds is 3. The first-order valence-corrected chi connectivity index (χ1v) is 12.1. The molecule has 0 N–H and O–H groups in total. The SMILES string of the molecule is Cc1ccc2c(c1)[C@@]1(C(=O)N2Cc2ccccc2)N(c2ccc(Cl)cc2)C(=O)CS1(=O)=O. The quantitative estimate of drug-likeness (QED) is 0.588. The highest BCUT2D eigenvalue weighted by Crippen LogP contribution is 2.53. The van der Waals surface area contributed by atoms with Gasteiger partial charge in [0.05, 0.1) is 12.2 Å². The number of carbonyl (C=O) groups excluding carboxylic acids is 2. The van der Waals surface area contributed by atoms with Crippen molar-refractivity contribution in [2.45, 2.75) is 18.3 Å². The largest absolute Gasteiger partial charge is 0.304 e. The minimum Gasteiger partial charge on any atom is -0.304 e. The molecule has 2 aliphatic rings. The predicted molar refractivity (Wildman–Crippen MR) is 123 cm³/mol. The van der Waals surface area contributed by atoms with Crippen molar-refractivity contribution >= 4 is 44.6 Å². The Kier molecular flexibility index (Phi) is 4.65. The number of hydrogen-bond donors (Lipinski definition) is 0. The Morgan fingerprint density at radius 2 is 1.66 bits per heavy atom. The zero-order valence-electron chi connectivity index (χ0n) is 17.2. The van der Waals surface area contributed by atoms with Gasteiger partial charge in [-0.3, -0.25) is 14.5 Å². The summed E-state index contributed by atoms with van der Waals surface area (Å²) in [7, 11) is -4.20. The first kappa shape index (κ1) is 20.7. The summed E-state index contributed by atoms with van der Waals surface area (Å²) in [5.74, 6) is -2.04. The molecule has 3 aromatic carbocycles. The number of fused-ring (bicyclic) bond motifs is 2. The number of benzene rings is 3. The van der Waals surface area contributed by atoms with Crippen LogP contribution in [0, 0.1) is 6.92 Å². The number of amides is 2. The fourth-order valence-electron chi connectivity index (χ4n) is 4.57. The normalized spacial score (nSPS) is 21.4. The van der Waals surface area contributed by atoms with Gasteiger partial charge in [-0.15, -0.1) is 0 Å². The van der Waals surface area contributed by atoms with Gasteiger partial charge in [-0.2, -0.15) is 0 Å². The minimum absolute atomic E-state index is 0.190. The maximum Gasteiger partial charge on any atom is 0.274 e. The summed E-state index contributed by atoms with van der Waals surface area (Å²) in [6.45, 7) is 2.02. The van der Waals surface area contributed by atoms with Crippen LogP contribution >= 0.6 is 11.6 Å². The van der Waals surface area contributed by atoms with Crippen LogP contribution in [0.1, 0.15) is 16.7 Å².